The van der Waals surface area contributed by atoms with Crippen LogP contribution < -0.4 is 5.73 Å². The van der Waals surface area contributed by atoms with Crippen molar-refractivity contribution in [1.82, 2.24) is 9.55 Å². The van der Waals surface area contributed by atoms with Crippen molar-refractivity contribution in [1.29, 1.82) is 0 Å². The predicted octanol–water partition coefficient (Wildman–Crippen LogP) is 4.24. The quantitative estimate of drug-likeness (QED) is 0.587. The van der Waals surface area contributed by atoms with Gasteiger partial charge in [-0.2, -0.15) is 0 Å². The van der Waals surface area contributed by atoms with E-state index in [0.29, 0.717) is 22.9 Å². The van der Waals surface area contributed by atoms with E-state index in [9.17, 15) is 9.50 Å². The summed E-state index contributed by atoms with van der Waals surface area (Å²) in [6, 6.07) is 14.0. The first-order valence-corrected chi connectivity index (χ1v) is 8.21. The molecule has 2 heterocycles. The molecule has 0 aliphatic heterocycles. The number of rotatable bonds is 3. The van der Waals surface area contributed by atoms with Gasteiger partial charge in [0.25, 0.3) is 0 Å². The number of benzene rings is 2. The summed E-state index contributed by atoms with van der Waals surface area (Å²) >= 11 is 1.49. The van der Waals surface area contributed by atoms with Crippen LogP contribution in [0.5, 0.6) is 5.75 Å². The van der Waals surface area contributed by atoms with E-state index in [-0.39, 0.29) is 11.6 Å². The zero-order valence-corrected chi connectivity index (χ0v) is 13.4. The van der Waals surface area contributed by atoms with Crippen molar-refractivity contribution in [2.24, 2.45) is 0 Å². The van der Waals surface area contributed by atoms with Gasteiger partial charge in [0, 0.05) is 12.7 Å². The lowest BCUT2D eigenvalue weighted by Gasteiger charge is -2.06. The fourth-order valence-electron chi connectivity index (χ4n) is 2.67. The Morgan fingerprint density at radius 2 is 1.88 bits per heavy atom. The van der Waals surface area contributed by atoms with Crippen LogP contribution in [-0.4, -0.2) is 14.7 Å². The molecule has 6 heteroatoms. The van der Waals surface area contributed by atoms with Crippen molar-refractivity contribution in [3.63, 3.8) is 0 Å². The molecule has 4 aromatic rings. The number of aromatic nitrogens is 2. The third kappa shape index (κ3) is 2.51. The second kappa shape index (κ2) is 5.65. The zero-order chi connectivity index (χ0) is 16.7. The van der Waals surface area contributed by atoms with Gasteiger partial charge in [0.1, 0.15) is 22.4 Å². The molecule has 0 aliphatic carbocycles. The Morgan fingerprint density at radius 3 is 2.62 bits per heavy atom. The molecule has 0 amide bonds. The smallest absolute Gasteiger partial charge is 0.145 e. The standard InChI is InChI=1S/C18H14FN3OS/c19-12-7-5-11(6-8-12)9-22-10-14(23)16(17(22)20)18-21-13-3-1-2-4-15(13)24-18/h1-8,10,23H,9,20H2. The predicted molar refractivity (Wildman–Crippen MR) is 94.6 cm³/mol. The molecule has 0 unspecified atom stereocenters. The highest BCUT2D eigenvalue weighted by atomic mass is 32.1. The van der Waals surface area contributed by atoms with Gasteiger partial charge in [-0.1, -0.05) is 24.3 Å². The molecule has 4 nitrogen and oxygen atoms in total. The maximum atomic E-state index is 13.0. The summed E-state index contributed by atoms with van der Waals surface area (Å²) in [6.45, 7) is 0.449. The fraction of sp³-hybridized carbons (Fsp3) is 0.0556. The zero-order valence-electron chi connectivity index (χ0n) is 12.6. The monoisotopic (exact) mass is 339 g/mol. The number of fused-ring (bicyclic) bond motifs is 1. The summed E-state index contributed by atoms with van der Waals surface area (Å²) in [5.41, 5.74) is 8.55. The number of halogens is 1. The van der Waals surface area contributed by atoms with Crippen molar-refractivity contribution in [3.8, 4) is 16.3 Å². The van der Waals surface area contributed by atoms with Crippen molar-refractivity contribution >= 4 is 27.4 Å². The van der Waals surface area contributed by atoms with Crippen LogP contribution in [0.1, 0.15) is 5.56 Å². The van der Waals surface area contributed by atoms with Gasteiger partial charge < -0.3 is 15.4 Å². The average molecular weight is 339 g/mol. The van der Waals surface area contributed by atoms with E-state index in [4.69, 9.17) is 5.73 Å². The van der Waals surface area contributed by atoms with Crippen LogP contribution in [0.25, 0.3) is 20.8 Å². The molecule has 0 atom stereocenters. The van der Waals surface area contributed by atoms with Gasteiger partial charge in [0.15, 0.2) is 0 Å². The number of anilines is 1. The summed E-state index contributed by atoms with van der Waals surface area (Å²) in [5.74, 6) is 0.252. The molecule has 0 aliphatic rings. The SMILES string of the molecule is Nc1c(-c2nc3ccccc3s2)c(O)cn1Cc1ccc(F)cc1. The molecule has 2 aromatic heterocycles. The van der Waals surface area contributed by atoms with Crippen LogP contribution in [-0.2, 0) is 6.54 Å². The number of para-hydroxylation sites is 1. The number of nitrogens with two attached hydrogens (primary N) is 1. The van der Waals surface area contributed by atoms with Crippen LogP contribution in [0.15, 0.2) is 54.7 Å². The molecule has 4 rings (SSSR count). The molecule has 0 bridgehead atoms. The minimum Gasteiger partial charge on any atom is -0.506 e. The summed E-state index contributed by atoms with van der Waals surface area (Å²) in [7, 11) is 0. The first kappa shape index (κ1) is 14.7. The third-order valence-electron chi connectivity index (χ3n) is 3.87. The van der Waals surface area contributed by atoms with E-state index in [2.05, 4.69) is 4.98 Å². The summed E-state index contributed by atoms with van der Waals surface area (Å²) in [5, 5.41) is 11.0. The molecule has 0 fully saturated rings. The normalized spacial score (nSPS) is 11.2. The molecule has 0 spiro atoms. The van der Waals surface area contributed by atoms with Gasteiger partial charge in [-0.3, -0.25) is 0 Å². The fourth-order valence-corrected chi connectivity index (χ4v) is 3.70. The average Bonchev–Trinajstić information content (AvgIpc) is 3.10. The van der Waals surface area contributed by atoms with Gasteiger partial charge >= 0.3 is 0 Å². The maximum Gasteiger partial charge on any atom is 0.145 e. The Labute approximate surface area is 141 Å². The second-order valence-electron chi connectivity index (χ2n) is 5.52. The summed E-state index contributed by atoms with van der Waals surface area (Å²) in [6.07, 6.45) is 1.58. The van der Waals surface area contributed by atoms with Crippen molar-refractivity contribution < 1.29 is 9.50 Å². The van der Waals surface area contributed by atoms with Crippen LogP contribution >= 0.6 is 11.3 Å². The number of thiazole rings is 1. The van der Waals surface area contributed by atoms with E-state index in [0.717, 1.165) is 15.8 Å². The largest absolute Gasteiger partial charge is 0.506 e. The highest BCUT2D eigenvalue weighted by Crippen LogP contribution is 2.40. The number of nitrogens with zero attached hydrogens (tertiary/aromatic N) is 2. The molecule has 0 saturated carbocycles. The van der Waals surface area contributed by atoms with Gasteiger partial charge in [0.2, 0.25) is 0 Å². The molecular weight excluding hydrogens is 325 g/mol. The minimum atomic E-state index is -0.280. The Morgan fingerprint density at radius 1 is 1.12 bits per heavy atom. The lowest BCUT2D eigenvalue weighted by atomic mass is 10.2. The molecule has 24 heavy (non-hydrogen) atoms. The maximum absolute atomic E-state index is 13.0. The Balaban J connectivity index is 1.74. The van der Waals surface area contributed by atoms with Crippen LogP contribution in [0.2, 0.25) is 0 Å². The lowest BCUT2D eigenvalue weighted by molar-refractivity contribution is 0.475. The molecule has 0 radical (unpaired) electrons. The molecular formula is C18H14FN3OS. The van der Waals surface area contributed by atoms with Crippen molar-refractivity contribution in [2.75, 3.05) is 5.73 Å². The van der Waals surface area contributed by atoms with E-state index in [1.165, 1.54) is 23.5 Å². The Bertz CT molecular complexity index is 988. The number of aromatic hydroxyl groups is 1. The lowest BCUT2D eigenvalue weighted by Crippen LogP contribution is -2.03. The van der Waals surface area contributed by atoms with Gasteiger partial charge in [-0.15, -0.1) is 11.3 Å². The molecule has 0 saturated heterocycles. The Hall–Kier alpha value is -2.86. The second-order valence-corrected chi connectivity index (χ2v) is 6.55. The van der Waals surface area contributed by atoms with Gasteiger partial charge in [-0.05, 0) is 29.8 Å². The van der Waals surface area contributed by atoms with Gasteiger partial charge in [-0.25, -0.2) is 9.37 Å². The van der Waals surface area contributed by atoms with E-state index < -0.39 is 0 Å². The van der Waals surface area contributed by atoms with Crippen LogP contribution in [0.3, 0.4) is 0 Å². The summed E-state index contributed by atoms with van der Waals surface area (Å²) in [4.78, 5) is 4.55. The highest BCUT2D eigenvalue weighted by Gasteiger charge is 2.18. The minimum absolute atomic E-state index is 0.0914. The van der Waals surface area contributed by atoms with Crippen molar-refractivity contribution in [3.05, 3.63) is 66.1 Å². The summed E-state index contributed by atoms with van der Waals surface area (Å²) < 4.78 is 15.8. The molecule has 120 valence electrons. The molecule has 3 N–H and O–H groups in total. The van der Waals surface area contributed by atoms with Crippen LogP contribution in [0, 0.1) is 5.82 Å². The first-order valence-electron chi connectivity index (χ1n) is 7.40. The van der Waals surface area contributed by atoms with Crippen molar-refractivity contribution in [2.45, 2.75) is 6.54 Å². The molecule has 2 aromatic carbocycles. The van der Waals surface area contributed by atoms with E-state index in [1.807, 2.05) is 24.3 Å². The van der Waals surface area contributed by atoms with E-state index in [1.54, 1.807) is 22.9 Å². The topological polar surface area (TPSA) is 64.1 Å². The Kier molecular flexibility index (Phi) is 3.46. The third-order valence-corrected chi connectivity index (χ3v) is 4.93. The van der Waals surface area contributed by atoms with Crippen LogP contribution in [0.4, 0.5) is 10.2 Å². The number of nitrogen functional groups attached to an aromatic ring is 1. The van der Waals surface area contributed by atoms with Gasteiger partial charge in [0.05, 0.1) is 15.8 Å². The number of hydrogen-bond donors (Lipinski definition) is 2. The first-order chi connectivity index (χ1) is 11.6. The number of hydrogen-bond acceptors (Lipinski definition) is 4. The van der Waals surface area contributed by atoms with E-state index >= 15 is 0 Å². The highest BCUT2D eigenvalue weighted by molar-refractivity contribution is 7.21.